The Hall–Kier alpha value is -2.66. The van der Waals surface area contributed by atoms with Gasteiger partial charge in [0.25, 0.3) is 5.91 Å². The highest BCUT2D eigenvalue weighted by atomic mass is 16.6. The van der Waals surface area contributed by atoms with Crippen LogP contribution in [0.4, 0.5) is 0 Å². The van der Waals surface area contributed by atoms with Crippen molar-refractivity contribution in [2.24, 2.45) is 5.16 Å². The van der Waals surface area contributed by atoms with E-state index in [0.29, 0.717) is 18.5 Å². The van der Waals surface area contributed by atoms with Gasteiger partial charge in [-0.1, -0.05) is 29.4 Å². The molecule has 1 aliphatic heterocycles. The third kappa shape index (κ3) is 3.74. The van der Waals surface area contributed by atoms with Crippen molar-refractivity contribution in [1.82, 2.24) is 4.90 Å². The number of oxime groups is 1. The lowest BCUT2D eigenvalue weighted by Crippen LogP contribution is -2.37. The fraction of sp³-hybridized carbons (Fsp3) is 0.364. The van der Waals surface area contributed by atoms with Crippen LogP contribution in [0.1, 0.15) is 33.5 Å². The third-order valence-corrected chi connectivity index (χ3v) is 5.33. The second-order valence-electron chi connectivity index (χ2n) is 7.09. The second kappa shape index (κ2) is 7.92. The minimum Gasteiger partial charge on any atom is -0.399 e. The molecule has 0 radical (unpaired) electrons. The number of nitrogens with zero attached hydrogens (tertiary/aromatic N) is 2. The second-order valence-corrected chi connectivity index (χ2v) is 7.09. The maximum Gasteiger partial charge on any atom is 0.254 e. The van der Waals surface area contributed by atoms with E-state index < -0.39 is 0 Å². The summed E-state index contributed by atoms with van der Waals surface area (Å²) in [5, 5.41) is 13.6. The maximum atomic E-state index is 13.0. The molecule has 3 rings (SSSR count). The highest BCUT2D eigenvalue weighted by Gasteiger charge is 2.33. The molecule has 1 aliphatic rings. The van der Waals surface area contributed by atoms with Crippen LogP contribution < -0.4 is 0 Å². The van der Waals surface area contributed by atoms with Gasteiger partial charge in [0, 0.05) is 12.0 Å². The van der Waals surface area contributed by atoms with Crippen molar-refractivity contribution in [2.45, 2.75) is 33.2 Å². The van der Waals surface area contributed by atoms with Gasteiger partial charge in [-0.05, 0) is 60.7 Å². The van der Waals surface area contributed by atoms with Gasteiger partial charge in [-0.3, -0.25) is 4.79 Å². The minimum absolute atomic E-state index is 0.0893. The van der Waals surface area contributed by atoms with E-state index in [-0.39, 0.29) is 18.6 Å². The Balaban J connectivity index is 1.90. The Morgan fingerprint density at radius 1 is 1.19 bits per heavy atom. The van der Waals surface area contributed by atoms with Gasteiger partial charge in [0.15, 0.2) is 0 Å². The van der Waals surface area contributed by atoms with Crippen molar-refractivity contribution >= 4 is 11.6 Å². The molecule has 1 N–H and O–H groups in total. The van der Waals surface area contributed by atoms with E-state index in [1.807, 2.05) is 25.1 Å². The predicted octanol–water partition coefficient (Wildman–Crippen LogP) is 3.49. The van der Waals surface area contributed by atoms with Gasteiger partial charge in [-0.2, -0.15) is 0 Å². The lowest BCUT2D eigenvalue weighted by atomic mass is 9.93. The number of rotatable bonds is 4. The largest absolute Gasteiger partial charge is 0.399 e. The molecule has 1 saturated heterocycles. The molecule has 0 spiro atoms. The molecule has 1 amide bonds. The fourth-order valence-electron chi connectivity index (χ4n) is 3.68. The maximum absolute atomic E-state index is 13.0. The van der Waals surface area contributed by atoms with Gasteiger partial charge in [-0.25, -0.2) is 0 Å². The topological polar surface area (TPSA) is 62.1 Å². The van der Waals surface area contributed by atoms with E-state index in [1.165, 1.54) is 23.8 Å². The molecule has 1 heterocycles. The van der Waals surface area contributed by atoms with Crippen molar-refractivity contribution in [1.29, 1.82) is 0 Å². The summed E-state index contributed by atoms with van der Waals surface area (Å²) in [6.45, 7) is 6.55. The lowest BCUT2D eigenvalue weighted by Gasteiger charge is -2.23. The van der Waals surface area contributed by atoms with Crippen LogP contribution in [-0.2, 0) is 4.84 Å². The number of amides is 1. The first-order valence-electron chi connectivity index (χ1n) is 9.14. The molecule has 1 unspecified atom stereocenters. The molecule has 2 aromatic rings. The predicted molar refractivity (Wildman–Crippen MR) is 107 cm³/mol. The quantitative estimate of drug-likeness (QED) is 0.843. The Bertz CT molecular complexity index is 889. The molecular formula is C22H26N2O3. The number of hydrogen-bond donors (Lipinski definition) is 1. The van der Waals surface area contributed by atoms with E-state index in [2.05, 4.69) is 37.2 Å². The molecule has 27 heavy (non-hydrogen) atoms. The number of carbonyl (C=O) groups is 1. The van der Waals surface area contributed by atoms with Crippen LogP contribution in [0.2, 0.25) is 0 Å². The van der Waals surface area contributed by atoms with Crippen molar-refractivity contribution in [3.05, 3.63) is 58.7 Å². The zero-order valence-electron chi connectivity index (χ0n) is 16.3. The molecule has 1 atom stereocenters. The zero-order chi connectivity index (χ0) is 19.6. The van der Waals surface area contributed by atoms with Crippen LogP contribution in [0, 0.1) is 20.8 Å². The molecule has 0 bridgehead atoms. The number of carbonyl (C=O) groups excluding carboxylic acids is 1. The molecule has 5 nitrogen and oxygen atoms in total. The molecule has 0 aromatic heterocycles. The normalized spacial score (nSPS) is 18.2. The molecule has 2 aromatic carbocycles. The molecule has 142 valence electrons. The molecule has 5 heteroatoms. The first-order chi connectivity index (χ1) is 13.0. The van der Waals surface area contributed by atoms with Crippen LogP contribution in [0.25, 0.3) is 11.1 Å². The van der Waals surface area contributed by atoms with Gasteiger partial charge in [0.2, 0.25) is 0 Å². The number of hydrogen-bond acceptors (Lipinski definition) is 4. The summed E-state index contributed by atoms with van der Waals surface area (Å²) >= 11 is 0. The van der Waals surface area contributed by atoms with Crippen LogP contribution >= 0.6 is 0 Å². The van der Waals surface area contributed by atoms with E-state index in [0.717, 1.165) is 16.8 Å². The monoisotopic (exact) mass is 366 g/mol. The van der Waals surface area contributed by atoms with Crippen LogP contribution in [-0.4, -0.2) is 47.9 Å². The van der Waals surface area contributed by atoms with Crippen molar-refractivity contribution in [3.8, 4) is 11.1 Å². The smallest absolute Gasteiger partial charge is 0.254 e. The van der Waals surface area contributed by atoms with Gasteiger partial charge in [0.1, 0.15) is 7.11 Å². The molecule has 0 aliphatic carbocycles. The summed E-state index contributed by atoms with van der Waals surface area (Å²) in [4.78, 5) is 19.5. The van der Waals surface area contributed by atoms with Crippen LogP contribution in [0.3, 0.4) is 0 Å². The number of aliphatic hydroxyl groups excluding tert-OH is 1. The average Bonchev–Trinajstić information content (AvgIpc) is 3.07. The summed E-state index contributed by atoms with van der Waals surface area (Å²) in [6.07, 6.45) is 0.537. The van der Waals surface area contributed by atoms with E-state index in [1.54, 1.807) is 4.90 Å². The minimum atomic E-state index is -0.259. The number of likely N-dealkylation sites (tertiary alicyclic amines) is 1. The van der Waals surface area contributed by atoms with E-state index >= 15 is 0 Å². The van der Waals surface area contributed by atoms with Gasteiger partial charge >= 0.3 is 0 Å². The summed E-state index contributed by atoms with van der Waals surface area (Å²) in [6, 6.07) is 11.8. The molecular weight excluding hydrogens is 340 g/mol. The highest BCUT2D eigenvalue weighted by molar-refractivity contribution is 6.01. The molecule has 1 fully saturated rings. The standard InChI is InChI=1S/C22H26N2O3/c1-14-6-5-7-21(16(14)3)20-9-8-17(10-15(20)2)22(26)24-12-18(23-27-4)11-19(24)13-25/h5-10,19,25H,11-13H2,1-4H3/b23-18-. The average molecular weight is 366 g/mol. The lowest BCUT2D eigenvalue weighted by molar-refractivity contribution is 0.0680. The van der Waals surface area contributed by atoms with Gasteiger partial charge < -0.3 is 14.8 Å². The van der Waals surface area contributed by atoms with Crippen LogP contribution in [0.15, 0.2) is 41.6 Å². The first kappa shape index (κ1) is 19.1. The zero-order valence-corrected chi connectivity index (χ0v) is 16.3. The molecule has 0 saturated carbocycles. The Morgan fingerprint density at radius 3 is 2.63 bits per heavy atom. The van der Waals surface area contributed by atoms with Crippen molar-refractivity contribution in [3.63, 3.8) is 0 Å². The number of aryl methyl sites for hydroxylation is 2. The SMILES string of the molecule is CO/N=C1/CC(CO)N(C(=O)c2ccc(-c3cccc(C)c3C)c(C)c2)C1. The highest BCUT2D eigenvalue weighted by Crippen LogP contribution is 2.29. The summed E-state index contributed by atoms with van der Waals surface area (Å²) in [7, 11) is 1.49. The van der Waals surface area contributed by atoms with Crippen LogP contribution in [0.5, 0.6) is 0 Å². The Labute approximate surface area is 160 Å². The first-order valence-corrected chi connectivity index (χ1v) is 9.14. The van der Waals surface area contributed by atoms with E-state index in [4.69, 9.17) is 4.84 Å². The Morgan fingerprint density at radius 2 is 1.96 bits per heavy atom. The fourth-order valence-corrected chi connectivity index (χ4v) is 3.68. The van der Waals surface area contributed by atoms with Gasteiger partial charge in [0.05, 0.1) is 24.9 Å². The van der Waals surface area contributed by atoms with E-state index in [9.17, 15) is 9.90 Å². The summed E-state index contributed by atoms with van der Waals surface area (Å²) in [5.41, 5.74) is 7.28. The third-order valence-electron chi connectivity index (χ3n) is 5.33. The summed E-state index contributed by atoms with van der Waals surface area (Å²) in [5.74, 6) is -0.0917. The summed E-state index contributed by atoms with van der Waals surface area (Å²) < 4.78 is 0. The number of aliphatic hydroxyl groups is 1. The van der Waals surface area contributed by atoms with Crippen molar-refractivity contribution in [2.75, 3.05) is 20.3 Å². The number of benzene rings is 2. The van der Waals surface area contributed by atoms with Crippen molar-refractivity contribution < 1.29 is 14.7 Å². The Kier molecular flexibility index (Phi) is 5.61. The van der Waals surface area contributed by atoms with Gasteiger partial charge in [-0.15, -0.1) is 0 Å².